The van der Waals surface area contributed by atoms with E-state index < -0.39 is 11.1 Å². The van der Waals surface area contributed by atoms with Crippen LogP contribution in [0.1, 0.15) is 0 Å². The van der Waals surface area contributed by atoms with Gasteiger partial charge in [0.15, 0.2) is 0 Å². The molecule has 0 bridgehead atoms. The standard InChI is InChI=1S/C7H5NO5.C3H8O2/c9-7(10)13-6-4-2-1-3-5(6)8(11)12;1-5-3-2-4/h1-4H,(H,9,10);4H,2-3H2,1H3. The Morgan fingerprint density at radius 3 is 2.44 bits per heavy atom. The highest BCUT2D eigenvalue weighted by Crippen LogP contribution is 2.25. The van der Waals surface area contributed by atoms with Gasteiger partial charge in [0.05, 0.1) is 18.1 Å². The molecule has 0 fully saturated rings. The van der Waals surface area contributed by atoms with Crippen LogP contribution >= 0.6 is 0 Å². The molecule has 0 atom stereocenters. The minimum absolute atomic E-state index is 0.122. The molecule has 0 aliphatic rings. The van der Waals surface area contributed by atoms with Crippen LogP contribution in [-0.4, -0.2) is 41.6 Å². The number of aliphatic hydroxyl groups excluding tert-OH is 1. The summed E-state index contributed by atoms with van der Waals surface area (Å²) in [4.78, 5) is 19.7. The second-order valence-corrected chi connectivity index (χ2v) is 2.81. The fraction of sp³-hybridized carbons (Fsp3) is 0.300. The SMILES string of the molecule is COCCO.O=C(O)Oc1ccccc1[N+](=O)[O-]. The van der Waals surface area contributed by atoms with Gasteiger partial charge in [-0.3, -0.25) is 10.1 Å². The van der Waals surface area contributed by atoms with E-state index in [-0.39, 0.29) is 18.0 Å². The molecule has 0 radical (unpaired) electrons. The maximum atomic E-state index is 10.3. The molecule has 0 unspecified atom stereocenters. The first-order valence-corrected chi connectivity index (χ1v) is 4.77. The number of benzene rings is 1. The van der Waals surface area contributed by atoms with Gasteiger partial charge in [-0.15, -0.1) is 0 Å². The van der Waals surface area contributed by atoms with Crippen LogP contribution < -0.4 is 4.74 Å². The van der Waals surface area contributed by atoms with Gasteiger partial charge in [0.25, 0.3) is 0 Å². The van der Waals surface area contributed by atoms with Crippen molar-refractivity contribution >= 4 is 11.8 Å². The highest BCUT2D eigenvalue weighted by molar-refractivity contribution is 5.64. The van der Waals surface area contributed by atoms with E-state index in [4.69, 9.17) is 10.2 Å². The quantitative estimate of drug-likeness (QED) is 0.361. The van der Waals surface area contributed by atoms with Crippen LogP contribution in [-0.2, 0) is 4.74 Å². The van der Waals surface area contributed by atoms with E-state index in [0.29, 0.717) is 6.61 Å². The Morgan fingerprint density at radius 2 is 2.06 bits per heavy atom. The molecule has 2 N–H and O–H groups in total. The first kappa shape index (κ1) is 15.8. The highest BCUT2D eigenvalue weighted by atomic mass is 16.7. The molecular weight excluding hydrogens is 246 g/mol. The molecule has 0 spiro atoms. The van der Waals surface area contributed by atoms with E-state index in [1.807, 2.05) is 0 Å². The van der Waals surface area contributed by atoms with Crippen molar-refractivity contribution in [2.24, 2.45) is 0 Å². The fourth-order valence-corrected chi connectivity index (χ4v) is 0.880. The molecule has 8 nitrogen and oxygen atoms in total. The van der Waals surface area contributed by atoms with Crippen LogP contribution in [0.2, 0.25) is 0 Å². The van der Waals surface area contributed by atoms with Crippen molar-refractivity contribution in [2.45, 2.75) is 0 Å². The second-order valence-electron chi connectivity index (χ2n) is 2.81. The van der Waals surface area contributed by atoms with E-state index in [9.17, 15) is 14.9 Å². The Balaban J connectivity index is 0.000000494. The van der Waals surface area contributed by atoms with Crippen molar-refractivity contribution in [3.8, 4) is 5.75 Å². The Kier molecular flexibility index (Phi) is 7.82. The average molecular weight is 259 g/mol. The first-order chi connectivity index (χ1) is 8.52. The van der Waals surface area contributed by atoms with Crippen LogP contribution in [0.4, 0.5) is 10.5 Å². The number of nitro benzene ring substituents is 1. The number of carboxylic acid groups (broad SMARTS) is 1. The number of nitrogens with zero attached hydrogens (tertiary/aromatic N) is 1. The third kappa shape index (κ3) is 6.40. The minimum atomic E-state index is -1.57. The Bertz CT molecular complexity index is 392. The Hall–Kier alpha value is -2.19. The van der Waals surface area contributed by atoms with Gasteiger partial charge in [0.2, 0.25) is 5.75 Å². The molecule has 0 aliphatic carbocycles. The topological polar surface area (TPSA) is 119 Å². The number of carbonyl (C=O) groups is 1. The van der Waals surface area contributed by atoms with E-state index >= 15 is 0 Å². The highest BCUT2D eigenvalue weighted by Gasteiger charge is 2.15. The zero-order chi connectivity index (χ0) is 14.0. The monoisotopic (exact) mass is 259 g/mol. The summed E-state index contributed by atoms with van der Waals surface area (Å²) in [5, 5.41) is 26.5. The summed E-state index contributed by atoms with van der Waals surface area (Å²) in [7, 11) is 1.55. The number of methoxy groups -OCH3 is 1. The third-order valence-corrected chi connectivity index (χ3v) is 1.55. The lowest BCUT2D eigenvalue weighted by Crippen LogP contribution is -2.04. The molecule has 0 saturated heterocycles. The summed E-state index contributed by atoms with van der Waals surface area (Å²) >= 11 is 0. The number of nitro groups is 1. The Labute approximate surface area is 103 Å². The maximum Gasteiger partial charge on any atom is 0.511 e. The molecule has 0 heterocycles. The second kappa shape index (κ2) is 8.90. The van der Waals surface area contributed by atoms with E-state index in [2.05, 4.69) is 9.47 Å². The van der Waals surface area contributed by atoms with Crippen molar-refractivity contribution < 1.29 is 29.4 Å². The molecule has 8 heteroatoms. The summed E-state index contributed by atoms with van der Waals surface area (Å²) < 4.78 is 8.62. The zero-order valence-corrected chi connectivity index (χ0v) is 9.61. The first-order valence-electron chi connectivity index (χ1n) is 4.77. The van der Waals surface area contributed by atoms with Gasteiger partial charge in [0, 0.05) is 13.2 Å². The molecule has 0 aromatic heterocycles. The lowest BCUT2D eigenvalue weighted by Gasteiger charge is -1.99. The number of ether oxygens (including phenoxy) is 2. The Morgan fingerprint density at radius 1 is 1.44 bits per heavy atom. The lowest BCUT2D eigenvalue weighted by molar-refractivity contribution is -0.385. The van der Waals surface area contributed by atoms with Crippen molar-refractivity contribution in [1.29, 1.82) is 0 Å². The lowest BCUT2D eigenvalue weighted by atomic mass is 10.3. The number of aliphatic hydroxyl groups is 1. The molecule has 1 aromatic carbocycles. The van der Waals surface area contributed by atoms with Crippen LogP contribution in [0.5, 0.6) is 5.75 Å². The molecule has 1 rings (SSSR count). The molecule has 100 valence electrons. The zero-order valence-electron chi connectivity index (χ0n) is 9.61. The smallest absolute Gasteiger partial charge is 0.449 e. The van der Waals surface area contributed by atoms with Gasteiger partial charge in [-0.2, -0.15) is 0 Å². The van der Waals surface area contributed by atoms with Gasteiger partial charge >= 0.3 is 11.8 Å². The van der Waals surface area contributed by atoms with E-state index in [1.165, 1.54) is 18.2 Å². The van der Waals surface area contributed by atoms with Crippen molar-refractivity contribution in [3.05, 3.63) is 34.4 Å². The van der Waals surface area contributed by atoms with Crippen LogP contribution in [0.25, 0.3) is 0 Å². The molecule has 0 aliphatic heterocycles. The number of rotatable bonds is 4. The van der Waals surface area contributed by atoms with Gasteiger partial charge in [-0.05, 0) is 6.07 Å². The van der Waals surface area contributed by atoms with Gasteiger partial charge in [-0.1, -0.05) is 12.1 Å². The van der Waals surface area contributed by atoms with Gasteiger partial charge in [-0.25, -0.2) is 4.79 Å². The van der Waals surface area contributed by atoms with Gasteiger partial charge in [0.1, 0.15) is 0 Å². The number of hydrogen-bond donors (Lipinski definition) is 2. The molecule has 0 amide bonds. The average Bonchev–Trinajstić information content (AvgIpc) is 2.30. The number of para-hydroxylation sites is 2. The van der Waals surface area contributed by atoms with Crippen LogP contribution in [0.3, 0.4) is 0 Å². The maximum absolute atomic E-state index is 10.3. The fourth-order valence-electron chi connectivity index (χ4n) is 0.880. The van der Waals surface area contributed by atoms with Crippen molar-refractivity contribution in [2.75, 3.05) is 20.3 Å². The van der Waals surface area contributed by atoms with Gasteiger partial charge < -0.3 is 19.7 Å². The van der Waals surface area contributed by atoms with E-state index in [0.717, 1.165) is 6.07 Å². The summed E-state index contributed by atoms with van der Waals surface area (Å²) in [6, 6.07) is 5.25. The molecular formula is C10H13NO7. The van der Waals surface area contributed by atoms with Crippen LogP contribution in [0.15, 0.2) is 24.3 Å². The summed E-state index contributed by atoms with van der Waals surface area (Å²) in [6.45, 7) is 0.566. The molecule has 0 saturated carbocycles. The molecule has 1 aromatic rings. The summed E-state index contributed by atoms with van der Waals surface area (Å²) in [6.07, 6.45) is -1.57. The van der Waals surface area contributed by atoms with Crippen molar-refractivity contribution in [1.82, 2.24) is 0 Å². The normalized spacial score (nSPS) is 9.00. The minimum Gasteiger partial charge on any atom is -0.449 e. The molecule has 18 heavy (non-hydrogen) atoms. The third-order valence-electron chi connectivity index (χ3n) is 1.55. The number of hydrogen-bond acceptors (Lipinski definition) is 6. The largest absolute Gasteiger partial charge is 0.511 e. The van der Waals surface area contributed by atoms with Crippen molar-refractivity contribution in [3.63, 3.8) is 0 Å². The summed E-state index contributed by atoms with van der Waals surface area (Å²) in [5.74, 6) is -0.278. The predicted molar refractivity (Wildman–Crippen MR) is 60.7 cm³/mol. The predicted octanol–water partition coefficient (Wildman–Crippen LogP) is 1.28. The summed E-state index contributed by atoms with van der Waals surface area (Å²) in [5.41, 5.74) is -0.370. The van der Waals surface area contributed by atoms with E-state index in [1.54, 1.807) is 7.11 Å². The van der Waals surface area contributed by atoms with Crippen LogP contribution in [0, 0.1) is 10.1 Å².